The molecule has 1 unspecified atom stereocenters. The summed E-state index contributed by atoms with van der Waals surface area (Å²) >= 11 is 0. The molecular weight excluding hydrogens is 352 g/mol. The molecule has 1 aromatic carbocycles. The summed E-state index contributed by atoms with van der Waals surface area (Å²) < 4.78 is 4.71. The second kappa shape index (κ2) is 6.96. The minimum absolute atomic E-state index is 0.212. The van der Waals surface area contributed by atoms with Gasteiger partial charge in [-0.3, -0.25) is 39.5 Å². The molecule has 12 nitrogen and oxygen atoms in total. The summed E-state index contributed by atoms with van der Waals surface area (Å²) in [6, 6.07) is 2.37. The molecule has 5 amide bonds. The van der Waals surface area contributed by atoms with Crippen LogP contribution in [-0.2, 0) is 14.3 Å². The maximum atomic E-state index is 12.3. The van der Waals surface area contributed by atoms with Crippen LogP contribution in [0, 0.1) is 10.1 Å². The number of primary amides is 1. The smallest absolute Gasteiger partial charge is 0.326 e. The maximum Gasteiger partial charge on any atom is 0.326 e. The number of hydrogen-bond acceptors (Lipinski definition) is 8. The van der Waals surface area contributed by atoms with Gasteiger partial charge in [-0.05, 0) is 13.0 Å². The van der Waals surface area contributed by atoms with Gasteiger partial charge in [-0.25, -0.2) is 4.79 Å². The summed E-state index contributed by atoms with van der Waals surface area (Å²) in [5, 5.41) is 12.7. The molecule has 12 heteroatoms. The van der Waals surface area contributed by atoms with Crippen molar-refractivity contribution in [2.24, 2.45) is 5.73 Å². The first kappa shape index (κ1) is 18.5. The van der Waals surface area contributed by atoms with Crippen molar-refractivity contribution in [1.29, 1.82) is 0 Å². The highest BCUT2D eigenvalue weighted by Crippen LogP contribution is 2.30. The molecule has 0 spiro atoms. The molecule has 1 aromatic rings. The number of nitrogens with one attached hydrogen (secondary N) is 1. The van der Waals surface area contributed by atoms with E-state index in [0.29, 0.717) is 4.90 Å². The molecule has 0 bridgehead atoms. The molecular formula is C14H12N4O8. The standard InChI is InChI=1S/C14H12N4O8/c1-6(11(20)16-14(15)23)26-9(19)5-17-12(21)7-3-2-4-8(18(24)25)10(7)13(17)22/h2-4,6H,5H2,1H3,(H3,15,16,20,23). The van der Waals surface area contributed by atoms with E-state index in [0.717, 1.165) is 13.0 Å². The number of esters is 1. The summed E-state index contributed by atoms with van der Waals surface area (Å²) in [5.74, 6) is -4.05. The van der Waals surface area contributed by atoms with Crippen LogP contribution in [0.4, 0.5) is 10.5 Å². The summed E-state index contributed by atoms with van der Waals surface area (Å²) in [5.41, 5.74) is 3.56. The fraction of sp³-hybridized carbons (Fsp3) is 0.214. The molecule has 0 aliphatic carbocycles. The van der Waals surface area contributed by atoms with E-state index in [1.807, 2.05) is 0 Å². The Kier molecular flexibility index (Phi) is 4.96. The Morgan fingerprint density at radius 2 is 1.96 bits per heavy atom. The fourth-order valence-corrected chi connectivity index (χ4v) is 2.25. The Morgan fingerprint density at radius 1 is 1.31 bits per heavy atom. The number of imide groups is 2. The topological polar surface area (TPSA) is 179 Å². The first-order valence-electron chi connectivity index (χ1n) is 7.06. The van der Waals surface area contributed by atoms with Crippen LogP contribution in [0.3, 0.4) is 0 Å². The number of benzene rings is 1. The lowest BCUT2D eigenvalue weighted by molar-refractivity contribution is -0.385. The monoisotopic (exact) mass is 364 g/mol. The van der Waals surface area contributed by atoms with Crippen LogP contribution in [0.1, 0.15) is 27.6 Å². The van der Waals surface area contributed by atoms with Crippen molar-refractivity contribution in [2.45, 2.75) is 13.0 Å². The van der Waals surface area contributed by atoms with E-state index in [1.54, 1.807) is 5.32 Å². The van der Waals surface area contributed by atoms with E-state index < -0.39 is 58.5 Å². The quantitative estimate of drug-likeness (QED) is 0.298. The van der Waals surface area contributed by atoms with E-state index in [2.05, 4.69) is 0 Å². The second-order valence-corrected chi connectivity index (χ2v) is 5.14. The lowest BCUT2D eigenvalue weighted by atomic mass is 10.1. The van der Waals surface area contributed by atoms with Crippen molar-refractivity contribution < 1.29 is 33.6 Å². The van der Waals surface area contributed by atoms with Crippen LogP contribution >= 0.6 is 0 Å². The number of fused-ring (bicyclic) bond motifs is 1. The molecule has 1 aliphatic rings. The van der Waals surface area contributed by atoms with Gasteiger partial charge < -0.3 is 10.5 Å². The summed E-state index contributed by atoms with van der Waals surface area (Å²) in [7, 11) is 0. The van der Waals surface area contributed by atoms with Crippen LogP contribution in [0.15, 0.2) is 18.2 Å². The van der Waals surface area contributed by atoms with Crippen molar-refractivity contribution in [2.75, 3.05) is 6.54 Å². The molecule has 0 radical (unpaired) electrons. The molecule has 1 atom stereocenters. The zero-order chi connectivity index (χ0) is 19.6. The van der Waals surface area contributed by atoms with E-state index in [4.69, 9.17) is 10.5 Å². The van der Waals surface area contributed by atoms with Crippen molar-refractivity contribution in [3.8, 4) is 0 Å². The maximum absolute atomic E-state index is 12.3. The number of nitro benzene ring substituents is 1. The van der Waals surface area contributed by atoms with Gasteiger partial charge in [0.05, 0.1) is 10.5 Å². The third-order valence-corrected chi connectivity index (χ3v) is 3.38. The predicted molar refractivity (Wildman–Crippen MR) is 81.7 cm³/mol. The number of amides is 5. The predicted octanol–water partition coefficient (Wildman–Crippen LogP) is -0.683. The van der Waals surface area contributed by atoms with Crippen LogP contribution in [0.25, 0.3) is 0 Å². The van der Waals surface area contributed by atoms with Crippen LogP contribution in [-0.4, -0.2) is 52.2 Å². The molecule has 26 heavy (non-hydrogen) atoms. The first-order valence-corrected chi connectivity index (χ1v) is 7.06. The van der Waals surface area contributed by atoms with Crippen LogP contribution < -0.4 is 11.1 Å². The Hall–Kier alpha value is -3.83. The van der Waals surface area contributed by atoms with E-state index in [9.17, 15) is 34.1 Å². The lowest BCUT2D eigenvalue weighted by Crippen LogP contribution is -2.44. The van der Waals surface area contributed by atoms with Gasteiger partial charge in [0.25, 0.3) is 23.4 Å². The molecule has 0 fully saturated rings. The van der Waals surface area contributed by atoms with Crippen molar-refractivity contribution in [3.05, 3.63) is 39.4 Å². The fourth-order valence-electron chi connectivity index (χ4n) is 2.25. The van der Waals surface area contributed by atoms with Gasteiger partial charge in [-0.1, -0.05) is 6.07 Å². The average Bonchev–Trinajstić information content (AvgIpc) is 2.79. The van der Waals surface area contributed by atoms with Crippen molar-refractivity contribution in [1.82, 2.24) is 10.2 Å². The Morgan fingerprint density at radius 3 is 2.54 bits per heavy atom. The van der Waals surface area contributed by atoms with Crippen LogP contribution in [0.2, 0.25) is 0 Å². The minimum atomic E-state index is -1.42. The number of carbonyl (C=O) groups excluding carboxylic acids is 5. The van der Waals surface area contributed by atoms with Crippen molar-refractivity contribution >= 4 is 35.4 Å². The third-order valence-electron chi connectivity index (χ3n) is 3.38. The van der Waals surface area contributed by atoms with Gasteiger partial charge in [-0.15, -0.1) is 0 Å². The third kappa shape index (κ3) is 3.48. The molecule has 3 N–H and O–H groups in total. The number of urea groups is 1. The molecule has 1 heterocycles. The molecule has 136 valence electrons. The number of nitrogens with zero attached hydrogens (tertiary/aromatic N) is 2. The molecule has 1 aliphatic heterocycles. The number of rotatable bonds is 5. The van der Waals surface area contributed by atoms with Gasteiger partial charge in [0.2, 0.25) is 0 Å². The summed E-state index contributed by atoms with van der Waals surface area (Å²) in [4.78, 5) is 69.0. The molecule has 0 saturated heterocycles. The zero-order valence-electron chi connectivity index (χ0n) is 13.3. The summed E-state index contributed by atoms with van der Waals surface area (Å²) in [6.07, 6.45) is -1.42. The average molecular weight is 364 g/mol. The summed E-state index contributed by atoms with van der Waals surface area (Å²) in [6.45, 7) is 0.279. The van der Waals surface area contributed by atoms with Gasteiger partial charge in [0, 0.05) is 6.07 Å². The van der Waals surface area contributed by atoms with Gasteiger partial charge in [0.15, 0.2) is 6.10 Å². The van der Waals surface area contributed by atoms with Gasteiger partial charge in [0.1, 0.15) is 12.1 Å². The number of hydrogen-bond donors (Lipinski definition) is 2. The van der Waals surface area contributed by atoms with Gasteiger partial charge >= 0.3 is 12.0 Å². The SMILES string of the molecule is CC(OC(=O)CN1C(=O)c2cccc([N+](=O)[O-])c2C1=O)C(=O)NC(N)=O. The number of carbonyl (C=O) groups is 5. The number of nitrogens with two attached hydrogens (primary N) is 1. The number of ether oxygens (including phenoxy) is 1. The second-order valence-electron chi connectivity index (χ2n) is 5.14. The van der Waals surface area contributed by atoms with Crippen molar-refractivity contribution in [3.63, 3.8) is 0 Å². The first-order chi connectivity index (χ1) is 12.1. The largest absolute Gasteiger partial charge is 0.451 e. The van der Waals surface area contributed by atoms with E-state index in [-0.39, 0.29) is 5.56 Å². The molecule has 0 aromatic heterocycles. The Bertz CT molecular complexity index is 849. The zero-order valence-corrected chi connectivity index (χ0v) is 13.3. The molecule has 2 rings (SSSR count). The normalized spacial score (nSPS) is 13.8. The Balaban J connectivity index is 2.13. The lowest BCUT2D eigenvalue weighted by Gasteiger charge is -2.16. The highest BCUT2D eigenvalue weighted by Gasteiger charge is 2.42. The van der Waals surface area contributed by atoms with Gasteiger partial charge in [-0.2, -0.15) is 0 Å². The van der Waals surface area contributed by atoms with E-state index >= 15 is 0 Å². The number of nitro groups is 1. The molecule has 0 saturated carbocycles. The highest BCUT2D eigenvalue weighted by atomic mass is 16.6. The van der Waals surface area contributed by atoms with Crippen LogP contribution in [0.5, 0.6) is 0 Å². The van der Waals surface area contributed by atoms with E-state index in [1.165, 1.54) is 12.1 Å². The Labute approximate surface area is 145 Å². The minimum Gasteiger partial charge on any atom is -0.451 e. The highest BCUT2D eigenvalue weighted by molar-refractivity contribution is 6.24.